The smallest absolute Gasteiger partial charge is 0.268 e. The number of amides is 3. The molecule has 1 aromatic carbocycles. The minimum absolute atomic E-state index is 0.265. The van der Waals surface area contributed by atoms with Gasteiger partial charge in [-0.15, -0.1) is 0 Å². The number of unbranched alkanes of at least 4 members (excludes halogenated alkanes) is 8. The Bertz CT molecular complexity index is 559. The molecule has 0 bridgehead atoms. The normalized spacial score (nSPS) is 13.5. The highest BCUT2D eigenvalue weighted by Gasteiger charge is 2.38. The number of benzene rings is 1. The fourth-order valence-electron chi connectivity index (χ4n) is 3.11. The molecule has 0 fully saturated rings. The molecule has 1 aromatic rings. The van der Waals surface area contributed by atoms with E-state index in [1.54, 1.807) is 24.3 Å². The lowest BCUT2D eigenvalue weighted by molar-refractivity contribution is -0.126. The maximum absolute atomic E-state index is 12.2. The summed E-state index contributed by atoms with van der Waals surface area (Å²) in [6.45, 7) is 2.21. The average Bonchev–Trinajstić information content (AvgIpc) is 2.85. The monoisotopic (exact) mass is 329 g/mol. The van der Waals surface area contributed by atoms with Crippen LogP contribution >= 0.6 is 0 Å². The van der Waals surface area contributed by atoms with Crippen molar-refractivity contribution in [3.05, 3.63) is 35.4 Å². The zero-order valence-electron chi connectivity index (χ0n) is 14.6. The summed E-state index contributed by atoms with van der Waals surface area (Å²) in [6, 6.07) is 6.61. The minimum atomic E-state index is -0.475. The molecule has 1 heterocycles. The van der Waals surface area contributed by atoms with Crippen molar-refractivity contribution in [2.45, 2.75) is 71.1 Å². The number of imide groups is 3. The quantitative estimate of drug-likeness (QED) is 0.460. The van der Waals surface area contributed by atoms with Gasteiger partial charge in [-0.1, -0.05) is 70.4 Å². The van der Waals surface area contributed by atoms with Crippen LogP contribution in [0, 0.1) is 0 Å². The molecule has 4 nitrogen and oxygen atoms in total. The second kappa shape index (κ2) is 9.36. The van der Waals surface area contributed by atoms with Crippen LogP contribution in [0.15, 0.2) is 24.3 Å². The molecule has 0 saturated carbocycles. The Kier molecular flexibility index (Phi) is 7.16. The Morgan fingerprint density at radius 1 is 0.792 bits per heavy atom. The summed E-state index contributed by atoms with van der Waals surface area (Å²) in [6.07, 6.45) is 10.7. The van der Waals surface area contributed by atoms with Crippen molar-refractivity contribution in [3.63, 3.8) is 0 Å². The first-order valence-electron chi connectivity index (χ1n) is 9.17. The summed E-state index contributed by atoms with van der Waals surface area (Å²) in [5.74, 6) is -1.32. The van der Waals surface area contributed by atoms with E-state index in [1.807, 2.05) is 0 Å². The molecule has 0 N–H and O–H groups in total. The Hall–Kier alpha value is -1.97. The van der Waals surface area contributed by atoms with Gasteiger partial charge in [0.25, 0.3) is 11.8 Å². The average molecular weight is 329 g/mol. The van der Waals surface area contributed by atoms with E-state index < -0.39 is 11.8 Å². The lowest BCUT2D eigenvalue weighted by atomic mass is 10.1. The molecule has 130 valence electrons. The topological polar surface area (TPSA) is 54.5 Å². The number of carbonyl (C=O) groups excluding carboxylic acids is 3. The van der Waals surface area contributed by atoms with Gasteiger partial charge in [0.05, 0.1) is 11.1 Å². The second-order valence-electron chi connectivity index (χ2n) is 6.46. The number of hydrogen-bond acceptors (Lipinski definition) is 3. The summed E-state index contributed by atoms with van der Waals surface area (Å²) >= 11 is 0. The molecule has 0 spiro atoms. The SMILES string of the molecule is CCCCCCCCCCCC(=O)N1C(=O)c2ccccc2C1=O. The number of fused-ring (bicyclic) bond motifs is 1. The molecule has 1 aliphatic heterocycles. The summed E-state index contributed by atoms with van der Waals surface area (Å²) < 4.78 is 0. The van der Waals surface area contributed by atoms with Crippen LogP contribution in [-0.2, 0) is 4.79 Å². The van der Waals surface area contributed by atoms with Crippen LogP contribution in [0.25, 0.3) is 0 Å². The van der Waals surface area contributed by atoms with E-state index in [2.05, 4.69) is 6.92 Å². The molecule has 0 saturated heterocycles. The summed E-state index contributed by atoms with van der Waals surface area (Å²) in [5, 5.41) is 0. The van der Waals surface area contributed by atoms with Crippen LogP contribution in [0.1, 0.15) is 91.8 Å². The molecule has 0 atom stereocenters. The lowest BCUT2D eigenvalue weighted by Gasteiger charge is -2.11. The van der Waals surface area contributed by atoms with E-state index in [0.717, 1.165) is 24.2 Å². The van der Waals surface area contributed by atoms with Crippen LogP contribution in [-0.4, -0.2) is 22.6 Å². The molecule has 1 aliphatic rings. The Balaban J connectivity index is 1.67. The van der Waals surface area contributed by atoms with Crippen molar-refractivity contribution in [2.75, 3.05) is 0 Å². The van der Waals surface area contributed by atoms with Crippen LogP contribution in [0.4, 0.5) is 0 Å². The van der Waals surface area contributed by atoms with Crippen LogP contribution in [0.3, 0.4) is 0 Å². The molecular weight excluding hydrogens is 302 g/mol. The van der Waals surface area contributed by atoms with Gasteiger partial charge in [0.15, 0.2) is 0 Å². The molecule has 0 aliphatic carbocycles. The second-order valence-corrected chi connectivity index (χ2v) is 6.46. The molecule has 3 amide bonds. The zero-order chi connectivity index (χ0) is 17.4. The molecule has 2 rings (SSSR count). The van der Waals surface area contributed by atoms with Crippen molar-refractivity contribution in [2.24, 2.45) is 0 Å². The number of hydrogen-bond donors (Lipinski definition) is 0. The van der Waals surface area contributed by atoms with E-state index >= 15 is 0 Å². The Morgan fingerprint density at radius 2 is 1.25 bits per heavy atom. The maximum Gasteiger partial charge on any atom is 0.268 e. The lowest BCUT2D eigenvalue weighted by Crippen LogP contribution is -2.35. The third kappa shape index (κ3) is 4.53. The first-order valence-corrected chi connectivity index (χ1v) is 9.17. The van der Waals surface area contributed by atoms with Gasteiger partial charge in [-0.2, -0.15) is 0 Å². The van der Waals surface area contributed by atoms with Gasteiger partial charge in [0.1, 0.15) is 0 Å². The fraction of sp³-hybridized carbons (Fsp3) is 0.550. The van der Waals surface area contributed by atoms with Crippen LogP contribution < -0.4 is 0 Å². The third-order valence-corrected chi connectivity index (χ3v) is 4.54. The van der Waals surface area contributed by atoms with E-state index in [-0.39, 0.29) is 12.3 Å². The highest BCUT2D eigenvalue weighted by atomic mass is 16.2. The number of carbonyl (C=O) groups is 3. The predicted octanol–water partition coefficient (Wildman–Crippen LogP) is 4.73. The highest BCUT2D eigenvalue weighted by Crippen LogP contribution is 2.23. The molecule has 0 radical (unpaired) electrons. The molecular formula is C20H27NO3. The van der Waals surface area contributed by atoms with Crippen LogP contribution in [0.2, 0.25) is 0 Å². The predicted molar refractivity (Wildman–Crippen MR) is 93.8 cm³/mol. The van der Waals surface area contributed by atoms with E-state index in [1.165, 1.54) is 38.5 Å². The third-order valence-electron chi connectivity index (χ3n) is 4.54. The van der Waals surface area contributed by atoms with Crippen molar-refractivity contribution in [3.8, 4) is 0 Å². The first-order chi connectivity index (χ1) is 11.7. The number of nitrogens with zero attached hydrogens (tertiary/aromatic N) is 1. The summed E-state index contributed by atoms with van der Waals surface area (Å²) in [4.78, 5) is 37.4. The van der Waals surface area contributed by atoms with E-state index in [9.17, 15) is 14.4 Å². The van der Waals surface area contributed by atoms with E-state index in [0.29, 0.717) is 11.1 Å². The van der Waals surface area contributed by atoms with Gasteiger partial charge in [-0.3, -0.25) is 14.4 Å². The van der Waals surface area contributed by atoms with Crippen molar-refractivity contribution < 1.29 is 14.4 Å². The van der Waals surface area contributed by atoms with Gasteiger partial charge in [0, 0.05) is 6.42 Å². The van der Waals surface area contributed by atoms with Gasteiger partial charge < -0.3 is 0 Å². The van der Waals surface area contributed by atoms with Gasteiger partial charge >= 0.3 is 0 Å². The molecule has 0 unspecified atom stereocenters. The fourth-order valence-corrected chi connectivity index (χ4v) is 3.11. The Morgan fingerprint density at radius 3 is 1.75 bits per heavy atom. The first kappa shape index (κ1) is 18.4. The van der Waals surface area contributed by atoms with E-state index in [4.69, 9.17) is 0 Å². The van der Waals surface area contributed by atoms with Crippen molar-refractivity contribution in [1.82, 2.24) is 4.90 Å². The van der Waals surface area contributed by atoms with Gasteiger partial charge in [0.2, 0.25) is 5.91 Å². The standard InChI is InChI=1S/C20H27NO3/c1-2-3-4-5-6-7-8-9-10-15-18(22)21-19(23)16-13-11-12-14-17(16)20(21)24/h11-14H,2-10,15H2,1H3. The summed E-state index contributed by atoms with van der Waals surface area (Å²) in [5.41, 5.74) is 0.672. The minimum Gasteiger partial charge on any atom is -0.274 e. The van der Waals surface area contributed by atoms with Gasteiger partial charge in [-0.25, -0.2) is 4.90 Å². The molecule has 4 heteroatoms. The van der Waals surface area contributed by atoms with Crippen molar-refractivity contribution >= 4 is 17.7 Å². The highest BCUT2D eigenvalue weighted by molar-refractivity contribution is 6.28. The molecule has 0 aromatic heterocycles. The number of rotatable bonds is 10. The van der Waals surface area contributed by atoms with Gasteiger partial charge in [-0.05, 0) is 18.6 Å². The summed E-state index contributed by atoms with van der Waals surface area (Å²) in [7, 11) is 0. The van der Waals surface area contributed by atoms with Crippen LogP contribution in [0.5, 0.6) is 0 Å². The zero-order valence-corrected chi connectivity index (χ0v) is 14.6. The molecule has 24 heavy (non-hydrogen) atoms. The Labute approximate surface area is 144 Å². The largest absolute Gasteiger partial charge is 0.274 e. The maximum atomic E-state index is 12.2. The van der Waals surface area contributed by atoms with Crippen molar-refractivity contribution in [1.29, 1.82) is 0 Å².